The summed E-state index contributed by atoms with van der Waals surface area (Å²) in [5.74, 6) is 0. The number of nitrogens with zero attached hydrogens (tertiary/aromatic N) is 1. The molecule has 1 aliphatic rings. The van der Waals surface area contributed by atoms with Crippen molar-refractivity contribution >= 4 is 15.7 Å². The minimum atomic E-state index is -3.43. The second-order valence-corrected chi connectivity index (χ2v) is 6.35. The van der Waals surface area contributed by atoms with Crippen molar-refractivity contribution < 1.29 is 13.2 Å². The minimum Gasteiger partial charge on any atom is -0.384 e. The maximum atomic E-state index is 12.6. The zero-order chi connectivity index (χ0) is 13.7. The third-order valence-corrected chi connectivity index (χ3v) is 5.00. The summed E-state index contributed by atoms with van der Waals surface area (Å²) < 4.78 is 31.9. The monoisotopic (exact) mass is 284 g/mol. The van der Waals surface area contributed by atoms with Crippen LogP contribution < -0.4 is 5.32 Å². The molecule has 0 spiro atoms. The highest BCUT2D eigenvalue weighted by Gasteiger charge is 2.28. The molecule has 6 heteroatoms. The van der Waals surface area contributed by atoms with Crippen molar-refractivity contribution in [2.75, 3.05) is 38.2 Å². The maximum Gasteiger partial charge on any atom is 0.245 e. The lowest BCUT2D eigenvalue weighted by molar-refractivity contribution is 0.0730. The Bertz CT molecular complexity index is 510. The van der Waals surface area contributed by atoms with Crippen molar-refractivity contribution in [3.8, 4) is 0 Å². The summed E-state index contributed by atoms with van der Waals surface area (Å²) in [6, 6.07) is 7.06. The van der Waals surface area contributed by atoms with Crippen molar-refractivity contribution in [3.63, 3.8) is 0 Å². The highest BCUT2D eigenvalue weighted by Crippen LogP contribution is 2.25. The number of hydrogen-bond acceptors (Lipinski definition) is 4. The van der Waals surface area contributed by atoms with E-state index in [1.165, 1.54) is 4.31 Å². The largest absolute Gasteiger partial charge is 0.384 e. The molecule has 0 atom stereocenters. The summed E-state index contributed by atoms with van der Waals surface area (Å²) >= 11 is 0. The van der Waals surface area contributed by atoms with Gasteiger partial charge in [-0.25, -0.2) is 8.42 Å². The van der Waals surface area contributed by atoms with Crippen molar-refractivity contribution in [2.24, 2.45) is 0 Å². The first-order valence-corrected chi connectivity index (χ1v) is 8.01. The molecule has 0 unspecified atom stereocenters. The molecule has 106 valence electrons. The first-order valence-electron chi connectivity index (χ1n) is 6.57. The van der Waals surface area contributed by atoms with Gasteiger partial charge >= 0.3 is 0 Å². The summed E-state index contributed by atoms with van der Waals surface area (Å²) in [5.41, 5.74) is 0.677. The molecule has 1 heterocycles. The van der Waals surface area contributed by atoms with Gasteiger partial charge < -0.3 is 10.1 Å². The molecule has 0 saturated carbocycles. The topological polar surface area (TPSA) is 58.6 Å². The number of rotatable bonds is 5. The first-order chi connectivity index (χ1) is 9.16. The van der Waals surface area contributed by atoms with Crippen LogP contribution >= 0.6 is 0 Å². The van der Waals surface area contributed by atoms with Crippen LogP contribution in [0.5, 0.6) is 0 Å². The van der Waals surface area contributed by atoms with E-state index in [1.54, 1.807) is 12.1 Å². The number of hydrogen-bond donors (Lipinski definition) is 1. The van der Waals surface area contributed by atoms with Crippen LogP contribution in [0.3, 0.4) is 0 Å². The molecule has 1 N–H and O–H groups in total. The van der Waals surface area contributed by atoms with Crippen LogP contribution in [-0.4, -0.2) is 45.6 Å². The molecule has 0 aliphatic carbocycles. The number of sulfonamides is 1. The van der Waals surface area contributed by atoms with E-state index in [1.807, 2.05) is 19.1 Å². The van der Waals surface area contributed by atoms with Crippen LogP contribution in [0.4, 0.5) is 5.69 Å². The van der Waals surface area contributed by atoms with Crippen LogP contribution in [0.2, 0.25) is 0 Å². The molecule has 1 aromatic carbocycles. The van der Waals surface area contributed by atoms with E-state index in [4.69, 9.17) is 4.74 Å². The minimum absolute atomic E-state index is 0.352. The number of para-hydroxylation sites is 1. The van der Waals surface area contributed by atoms with E-state index >= 15 is 0 Å². The Hall–Kier alpha value is -1.11. The number of ether oxygens (including phenoxy) is 1. The van der Waals surface area contributed by atoms with E-state index in [0.717, 1.165) is 13.0 Å². The average molecular weight is 284 g/mol. The molecule has 0 aromatic heterocycles. The summed E-state index contributed by atoms with van der Waals surface area (Å²) in [6.07, 6.45) is 0.950. The van der Waals surface area contributed by atoms with Crippen molar-refractivity contribution in [3.05, 3.63) is 24.3 Å². The maximum absolute atomic E-state index is 12.6. The Morgan fingerprint density at radius 3 is 2.63 bits per heavy atom. The number of morpholine rings is 1. The molecule has 0 radical (unpaired) electrons. The van der Waals surface area contributed by atoms with Gasteiger partial charge in [0.05, 0.1) is 18.9 Å². The molecule has 19 heavy (non-hydrogen) atoms. The molecule has 0 amide bonds. The van der Waals surface area contributed by atoms with Gasteiger partial charge in [-0.1, -0.05) is 19.1 Å². The molecule has 1 saturated heterocycles. The number of benzene rings is 1. The Morgan fingerprint density at radius 2 is 1.95 bits per heavy atom. The average Bonchev–Trinajstić information content (AvgIpc) is 2.46. The van der Waals surface area contributed by atoms with Gasteiger partial charge in [-0.05, 0) is 18.6 Å². The normalized spacial score (nSPS) is 17.3. The standard InChI is InChI=1S/C13H20N2O3S/c1-2-7-14-12-5-3-4-6-13(12)19(16,17)15-8-10-18-11-9-15/h3-6,14H,2,7-11H2,1H3. The lowest BCUT2D eigenvalue weighted by Crippen LogP contribution is -2.40. The fourth-order valence-corrected chi connectivity index (χ4v) is 3.60. The van der Waals surface area contributed by atoms with Gasteiger partial charge in [0.15, 0.2) is 0 Å². The Balaban J connectivity index is 2.28. The Labute approximate surface area is 114 Å². The zero-order valence-electron chi connectivity index (χ0n) is 11.1. The van der Waals surface area contributed by atoms with Crippen LogP contribution in [0.15, 0.2) is 29.2 Å². The van der Waals surface area contributed by atoms with Crippen LogP contribution in [0.1, 0.15) is 13.3 Å². The lowest BCUT2D eigenvalue weighted by atomic mass is 10.3. The third-order valence-electron chi connectivity index (χ3n) is 3.04. The summed E-state index contributed by atoms with van der Waals surface area (Å²) in [5, 5.41) is 3.17. The number of nitrogens with one attached hydrogen (secondary N) is 1. The Kier molecular flexibility index (Phi) is 4.79. The molecule has 2 rings (SSSR count). The lowest BCUT2D eigenvalue weighted by Gasteiger charge is -2.27. The van der Waals surface area contributed by atoms with Crippen LogP contribution in [-0.2, 0) is 14.8 Å². The van der Waals surface area contributed by atoms with Crippen molar-refractivity contribution in [2.45, 2.75) is 18.2 Å². The fourth-order valence-electron chi connectivity index (χ4n) is 2.02. The first kappa shape index (κ1) is 14.3. The zero-order valence-corrected chi connectivity index (χ0v) is 11.9. The molecular formula is C13H20N2O3S. The molecule has 1 aromatic rings. The van der Waals surface area contributed by atoms with Crippen molar-refractivity contribution in [1.29, 1.82) is 0 Å². The van der Waals surface area contributed by atoms with Gasteiger partial charge in [0.1, 0.15) is 4.90 Å². The summed E-state index contributed by atoms with van der Waals surface area (Å²) in [6.45, 7) is 4.57. The van der Waals surface area contributed by atoms with Gasteiger partial charge in [-0.15, -0.1) is 0 Å². The fraction of sp³-hybridized carbons (Fsp3) is 0.538. The second kappa shape index (κ2) is 6.36. The molecule has 1 aliphatic heterocycles. The van der Waals surface area contributed by atoms with Gasteiger partial charge in [0.2, 0.25) is 10.0 Å². The van der Waals surface area contributed by atoms with Gasteiger partial charge in [0.25, 0.3) is 0 Å². The third kappa shape index (κ3) is 3.26. The highest BCUT2D eigenvalue weighted by atomic mass is 32.2. The number of anilines is 1. The van der Waals surface area contributed by atoms with E-state index in [2.05, 4.69) is 5.32 Å². The smallest absolute Gasteiger partial charge is 0.245 e. The van der Waals surface area contributed by atoms with Gasteiger partial charge in [-0.2, -0.15) is 4.31 Å². The second-order valence-electron chi connectivity index (χ2n) is 4.44. The Morgan fingerprint density at radius 1 is 1.26 bits per heavy atom. The van der Waals surface area contributed by atoms with Crippen LogP contribution in [0, 0.1) is 0 Å². The van der Waals surface area contributed by atoms with Crippen molar-refractivity contribution in [1.82, 2.24) is 4.31 Å². The van der Waals surface area contributed by atoms with Gasteiger partial charge in [0, 0.05) is 19.6 Å². The quantitative estimate of drug-likeness (QED) is 0.891. The van der Waals surface area contributed by atoms with Gasteiger partial charge in [-0.3, -0.25) is 0 Å². The molecule has 1 fully saturated rings. The van der Waals surface area contributed by atoms with E-state index in [-0.39, 0.29) is 0 Å². The predicted molar refractivity (Wildman–Crippen MR) is 74.8 cm³/mol. The van der Waals surface area contributed by atoms with E-state index in [0.29, 0.717) is 36.9 Å². The van der Waals surface area contributed by atoms with E-state index < -0.39 is 10.0 Å². The van der Waals surface area contributed by atoms with E-state index in [9.17, 15) is 8.42 Å². The molecule has 0 bridgehead atoms. The highest BCUT2D eigenvalue weighted by molar-refractivity contribution is 7.89. The summed E-state index contributed by atoms with van der Waals surface area (Å²) in [4.78, 5) is 0.352. The summed E-state index contributed by atoms with van der Waals surface area (Å²) in [7, 11) is -3.43. The van der Waals surface area contributed by atoms with Crippen LogP contribution in [0.25, 0.3) is 0 Å². The predicted octanol–water partition coefficient (Wildman–Crippen LogP) is 1.53. The molecular weight excluding hydrogens is 264 g/mol. The SMILES string of the molecule is CCCNc1ccccc1S(=O)(=O)N1CCOCC1. The molecule has 5 nitrogen and oxygen atoms in total.